The topological polar surface area (TPSA) is 89.9 Å². The van der Waals surface area contributed by atoms with Crippen LogP contribution in [-0.4, -0.2) is 52.9 Å². The van der Waals surface area contributed by atoms with Gasteiger partial charge in [-0.1, -0.05) is 30.3 Å². The molecule has 0 aromatic heterocycles. The highest BCUT2D eigenvalue weighted by Crippen LogP contribution is 2.04. The van der Waals surface area contributed by atoms with Crippen LogP contribution < -0.4 is 5.32 Å². The van der Waals surface area contributed by atoms with Crippen LogP contribution in [0.5, 0.6) is 0 Å². The molecule has 6 heteroatoms. The summed E-state index contributed by atoms with van der Waals surface area (Å²) in [5, 5.41) is 20.6. The van der Waals surface area contributed by atoms with E-state index in [1.54, 1.807) is 0 Å². The van der Waals surface area contributed by atoms with Crippen LogP contribution in [0.15, 0.2) is 30.3 Å². The summed E-state index contributed by atoms with van der Waals surface area (Å²) in [7, 11) is 0. The Balaban J connectivity index is 2.65. The summed E-state index contributed by atoms with van der Waals surface area (Å²) in [6.45, 7) is 2.67. The Labute approximate surface area is 124 Å². The van der Waals surface area contributed by atoms with Crippen molar-refractivity contribution in [2.45, 2.75) is 25.8 Å². The molecule has 1 aromatic carbocycles. The second-order valence-corrected chi connectivity index (χ2v) is 4.69. The number of aliphatic hydroxyl groups excluding tert-OH is 1. The predicted molar refractivity (Wildman–Crippen MR) is 79.1 cm³/mol. The number of rotatable bonds is 8. The van der Waals surface area contributed by atoms with Gasteiger partial charge in [0, 0.05) is 26.1 Å². The first-order chi connectivity index (χ1) is 10.1. The van der Waals surface area contributed by atoms with Gasteiger partial charge in [-0.15, -0.1) is 0 Å². The highest BCUT2D eigenvalue weighted by Gasteiger charge is 2.22. The number of carbonyl (C=O) groups is 2. The van der Waals surface area contributed by atoms with E-state index in [4.69, 9.17) is 5.11 Å². The van der Waals surface area contributed by atoms with E-state index in [0.717, 1.165) is 5.56 Å². The number of carbonyl (C=O) groups excluding carboxylic acids is 1. The molecule has 0 saturated carbocycles. The zero-order valence-electron chi connectivity index (χ0n) is 12.2. The van der Waals surface area contributed by atoms with Gasteiger partial charge in [-0.05, 0) is 18.9 Å². The first-order valence-corrected chi connectivity index (χ1v) is 7.01. The van der Waals surface area contributed by atoms with Crippen molar-refractivity contribution in [1.82, 2.24) is 10.2 Å². The molecule has 0 bridgehead atoms. The molecule has 0 aliphatic rings. The average molecular weight is 294 g/mol. The number of nitrogens with zero attached hydrogens (tertiary/aromatic N) is 1. The van der Waals surface area contributed by atoms with Crippen molar-refractivity contribution in [2.24, 2.45) is 0 Å². The molecule has 0 aliphatic carbocycles. The maximum absolute atomic E-state index is 12.1. The number of urea groups is 1. The number of hydrogen-bond donors (Lipinski definition) is 3. The normalized spacial score (nSPS) is 11.7. The second kappa shape index (κ2) is 8.97. The zero-order chi connectivity index (χ0) is 15.7. The summed E-state index contributed by atoms with van der Waals surface area (Å²) in [5.41, 5.74) is 0.851. The Morgan fingerprint density at radius 1 is 1.29 bits per heavy atom. The first-order valence-electron chi connectivity index (χ1n) is 7.01. The monoisotopic (exact) mass is 294 g/mol. The Morgan fingerprint density at radius 2 is 1.95 bits per heavy atom. The van der Waals surface area contributed by atoms with E-state index in [0.29, 0.717) is 19.5 Å². The Hall–Kier alpha value is -2.08. The fourth-order valence-electron chi connectivity index (χ4n) is 1.96. The summed E-state index contributed by atoms with van der Waals surface area (Å²) < 4.78 is 0. The van der Waals surface area contributed by atoms with Crippen molar-refractivity contribution < 1.29 is 19.8 Å². The molecule has 116 valence electrons. The fourth-order valence-corrected chi connectivity index (χ4v) is 1.96. The van der Waals surface area contributed by atoms with Crippen molar-refractivity contribution in [1.29, 1.82) is 0 Å². The van der Waals surface area contributed by atoms with Gasteiger partial charge in [0.05, 0.1) is 0 Å². The Bertz CT molecular complexity index is 450. The minimum atomic E-state index is -1.06. The van der Waals surface area contributed by atoms with Crippen molar-refractivity contribution in [3.63, 3.8) is 0 Å². The number of carboxylic acids is 1. The van der Waals surface area contributed by atoms with Gasteiger partial charge in [0.1, 0.15) is 6.04 Å². The van der Waals surface area contributed by atoms with E-state index in [2.05, 4.69) is 5.32 Å². The lowest BCUT2D eigenvalue weighted by Crippen LogP contribution is -2.49. The van der Waals surface area contributed by atoms with Gasteiger partial charge >= 0.3 is 12.0 Å². The molecule has 6 nitrogen and oxygen atoms in total. The molecule has 0 fully saturated rings. The molecule has 1 aromatic rings. The van der Waals surface area contributed by atoms with E-state index >= 15 is 0 Å². The van der Waals surface area contributed by atoms with Gasteiger partial charge in [-0.25, -0.2) is 9.59 Å². The number of benzene rings is 1. The lowest BCUT2D eigenvalue weighted by atomic mass is 10.1. The minimum Gasteiger partial charge on any atom is -0.480 e. The minimum absolute atomic E-state index is 0.00382. The van der Waals surface area contributed by atoms with Crippen molar-refractivity contribution in [3.05, 3.63) is 35.9 Å². The molecule has 1 rings (SSSR count). The molecule has 0 heterocycles. The third-order valence-electron chi connectivity index (χ3n) is 3.13. The van der Waals surface area contributed by atoms with Crippen LogP contribution in [0, 0.1) is 0 Å². The van der Waals surface area contributed by atoms with Crippen LogP contribution in [0.1, 0.15) is 18.9 Å². The SMILES string of the molecule is CCN(CCCO)C(=O)N[C@@H](Cc1ccccc1)C(=O)O. The van der Waals surface area contributed by atoms with Gasteiger partial charge in [0.2, 0.25) is 0 Å². The Kier molecular flexibility index (Phi) is 7.25. The summed E-state index contributed by atoms with van der Waals surface area (Å²) in [6.07, 6.45) is 0.706. The lowest BCUT2D eigenvalue weighted by Gasteiger charge is -2.23. The second-order valence-electron chi connectivity index (χ2n) is 4.69. The molecule has 21 heavy (non-hydrogen) atoms. The fraction of sp³-hybridized carbons (Fsp3) is 0.467. The molecule has 0 saturated heterocycles. The maximum Gasteiger partial charge on any atom is 0.326 e. The molecular weight excluding hydrogens is 272 g/mol. The van der Waals surface area contributed by atoms with E-state index in [-0.39, 0.29) is 13.0 Å². The summed E-state index contributed by atoms with van der Waals surface area (Å²) in [5.74, 6) is -1.06. The van der Waals surface area contributed by atoms with E-state index in [1.807, 2.05) is 37.3 Å². The van der Waals surface area contributed by atoms with Crippen LogP contribution >= 0.6 is 0 Å². The van der Waals surface area contributed by atoms with Crippen LogP contribution in [0.3, 0.4) is 0 Å². The lowest BCUT2D eigenvalue weighted by molar-refractivity contribution is -0.139. The molecule has 2 amide bonds. The molecule has 0 radical (unpaired) electrons. The quantitative estimate of drug-likeness (QED) is 0.669. The number of amides is 2. The smallest absolute Gasteiger partial charge is 0.326 e. The molecule has 1 atom stereocenters. The highest BCUT2D eigenvalue weighted by molar-refractivity contribution is 5.82. The predicted octanol–water partition coefficient (Wildman–Crippen LogP) is 1.10. The molecular formula is C15H22N2O4. The highest BCUT2D eigenvalue weighted by atomic mass is 16.4. The van der Waals surface area contributed by atoms with Gasteiger partial charge in [0.15, 0.2) is 0 Å². The molecule has 3 N–H and O–H groups in total. The van der Waals surface area contributed by atoms with Gasteiger partial charge in [-0.2, -0.15) is 0 Å². The first kappa shape index (κ1) is 17.0. The molecule has 0 spiro atoms. The van der Waals surface area contributed by atoms with E-state index in [1.165, 1.54) is 4.90 Å². The van der Waals surface area contributed by atoms with Crippen LogP contribution in [0.4, 0.5) is 4.79 Å². The average Bonchev–Trinajstić information content (AvgIpc) is 2.48. The summed E-state index contributed by atoms with van der Waals surface area (Å²) in [6, 6.07) is 7.77. The van der Waals surface area contributed by atoms with Gasteiger partial charge < -0.3 is 20.4 Å². The number of hydrogen-bond acceptors (Lipinski definition) is 3. The van der Waals surface area contributed by atoms with Crippen LogP contribution in [0.25, 0.3) is 0 Å². The van der Waals surface area contributed by atoms with Crippen LogP contribution in [0.2, 0.25) is 0 Å². The van der Waals surface area contributed by atoms with Crippen molar-refractivity contribution in [2.75, 3.05) is 19.7 Å². The summed E-state index contributed by atoms with van der Waals surface area (Å²) in [4.78, 5) is 24.8. The number of nitrogens with one attached hydrogen (secondary N) is 1. The van der Waals surface area contributed by atoms with Gasteiger partial charge in [0.25, 0.3) is 0 Å². The zero-order valence-corrected chi connectivity index (χ0v) is 12.2. The standard InChI is InChI=1S/C15H22N2O4/c1-2-17(9-6-10-18)15(21)16-13(14(19)20)11-12-7-4-3-5-8-12/h3-5,7-8,13,18H,2,6,9-11H2,1H3,(H,16,21)(H,19,20)/t13-/m0/s1. The van der Waals surface area contributed by atoms with E-state index in [9.17, 15) is 14.7 Å². The van der Waals surface area contributed by atoms with Gasteiger partial charge in [-0.3, -0.25) is 0 Å². The van der Waals surface area contributed by atoms with E-state index < -0.39 is 18.0 Å². The van der Waals surface area contributed by atoms with Crippen molar-refractivity contribution in [3.8, 4) is 0 Å². The number of aliphatic carboxylic acids is 1. The number of carboxylic acid groups (broad SMARTS) is 1. The molecule has 0 unspecified atom stereocenters. The summed E-state index contributed by atoms with van der Waals surface area (Å²) >= 11 is 0. The van der Waals surface area contributed by atoms with Crippen molar-refractivity contribution >= 4 is 12.0 Å². The van der Waals surface area contributed by atoms with Crippen LogP contribution in [-0.2, 0) is 11.2 Å². The largest absolute Gasteiger partial charge is 0.480 e. The third-order valence-corrected chi connectivity index (χ3v) is 3.13. The Morgan fingerprint density at radius 3 is 2.48 bits per heavy atom. The third kappa shape index (κ3) is 5.83. The maximum atomic E-state index is 12.1. The number of aliphatic hydroxyl groups is 1. The molecule has 0 aliphatic heterocycles.